The van der Waals surface area contributed by atoms with Crippen LogP contribution < -0.4 is 5.43 Å². The molecule has 0 N–H and O–H groups in total. The number of methoxy groups -OCH3 is 1. The van der Waals surface area contributed by atoms with E-state index in [1.165, 1.54) is 6.26 Å². The molecule has 0 aliphatic rings. The summed E-state index contributed by atoms with van der Waals surface area (Å²) in [6, 6.07) is 22.4. The van der Waals surface area contributed by atoms with Crippen molar-refractivity contribution in [3.05, 3.63) is 117 Å². The fourth-order valence-corrected chi connectivity index (χ4v) is 4.53. The highest BCUT2D eigenvalue weighted by Crippen LogP contribution is 2.17. The van der Waals surface area contributed by atoms with Crippen LogP contribution in [0.25, 0.3) is 11.0 Å². The van der Waals surface area contributed by atoms with E-state index in [0.717, 1.165) is 16.7 Å². The van der Waals surface area contributed by atoms with Gasteiger partial charge in [0.05, 0.1) is 23.8 Å². The Morgan fingerprint density at radius 2 is 1.64 bits per heavy atom. The van der Waals surface area contributed by atoms with E-state index < -0.39 is 0 Å². The van der Waals surface area contributed by atoms with Crippen molar-refractivity contribution in [3.63, 3.8) is 0 Å². The van der Waals surface area contributed by atoms with E-state index >= 15 is 0 Å². The van der Waals surface area contributed by atoms with Crippen molar-refractivity contribution in [1.29, 1.82) is 0 Å². The normalized spacial score (nSPS) is 10.9. The Balaban J connectivity index is 1.64. The SMILES string of the molecule is COCCCN(CC(=O)N(Cc1ccccc1)Cc1coc2ccc(C)cc2c1=O)C(=O)c1ccccc1C. The van der Waals surface area contributed by atoms with Gasteiger partial charge < -0.3 is 19.0 Å². The Hall–Kier alpha value is -4.23. The van der Waals surface area contributed by atoms with Crippen LogP contribution in [0, 0.1) is 13.8 Å². The van der Waals surface area contributed by atoms with E-state index in [-0.39, 0.29) is 36.9 Å². The van der Waals surface area contributed by atoms with Gasteiger partial charge in [0.25, 0.3) is 5.91 Å². The van der Waals surface area contributed by atoms with Crippen molar-refractivity contribution >= 4 is 22.8 Å². The number of hydrogen-bond donors (Lipinski definition) is 0. The van der Waals surface area contributed by atoms with Gasteiger partial charge >= 0.3 is 0 Å². The summed E-state index contributed by atoms with van der Waals surface area (Å²) in [5, 5.41) is 0.482. The molecule has 7 nitrogen and oxygen atoms in total. The molecule has 0 spiro atoms. The summed E-state index contributed by atoms with van der Waals surface area (Å²) < 4.78 is 10.9. The smallest absolute Gasteiger partial charge is 0.254 e. The van der Waals surface area contributed by atoms with Crippen LogP contribution in [0.15, 0.2) is 88.3 Å². The lowest BCUT2D eigenvalue weighted by Gasteiger charge is -2.28. The van der Waals surface area contributed by atoms with E-state index in [9.17, 15) is 14.4 Å². The zero-order chi connectivity index (χ0) is 27.8. The molecule has 0 aliphatic heterocycles. The minimum Gasteiger partial charge on any atom is -0.464 e. The maximum absolute atomic E-state index is 13.8. The minimum atomic E-state index is -0.262. The van der Waals surface area contributed by atoms with Crippen molar-refractivity contribution in [2.75, 3.05) is 26.8 Å². The van der Waals surface area contributed by atoms with Gasteiger partial charge in [0, 0.05) is 32.4 Å². The van der Waals surface area contributed by atoms with Crippen molar-refractivity contribution < 1.29 is 18.7 Å². The first-order valence-electron chi connectivity index (χ1n) is 13.0. The van der Waals surface area contributed by atoms with Crippen LogP contribution >= 0.6 is 0 Å². The molecule has 7 heteroatoms. The Morgan fingerprint density at radius 3 is 2.38 bits per heavy atom. The van der Waals surface area contributed by atoms with Gasteiger partial charge in [-0.2, -0.15) is 0 Å². The van der Waals surface area contributed by atoms with Gasteiger partial charge in [-0.1, -0.05) is 60.2 Å². The molecular weight excluding hydrogens is 492 g/mol. The van der Waals surface area contributed by atoms with Gasteiger partial charge in [0.2, 0.25) is 5.91 Å². The lowest BCUT2D eigenvalue weighted by atomic mass is 10.1. The van der Waals surface area contributed by atoms with Crippen molar-refractivity contribution in [2.24, 2.45) is 0 Å². The fourth-order valence-electron chi connectivity index (χ4n) is 4.53. The number of hydrogen-bond acceptors (Lipinski definition) is 5. The van der Waals surface area contributed by atoms with Gasteiger partial charge in [-0.05, 0) is 49.6 Å². The maximum atomic E-state index is 13.8. The Kier molecular flexibility index (Phi) is 9.28. The monoisotopic (exact) mass is 526 g/mol. The van der Waals surface area contributed by atoms with Gasteiger partial charge in [0.15, 0.2) is 5.43 Å². The number of fused-ring (bicyclic) bond motifs is 1. The van der Waals surface area contributed by atoms with Crippen molar-refractivity contribution in [1.82, 2.24) is 9.80 Å². The predicted octanol–water partition coefficient (Wildman–Crippen LogP) is 5.12. The van der Waals surface area contributed by atoms with Crippen molar-refractivity contribution in [3.8, 4) is 0 Å². The zero-order valence-corrected chi connectivity index (χ0v) is 22.7. The highest BCUT2D eigenvalue weighted by Gasteiger charge is 2.24. The number of benzene rings is 3. The third-order valence-corrected chi connectivity index (χ3v) is 6.69. The summed E-state index contributed by atoms with van der Waals surface area (Å²) in [6.07, 6.45) is 2.02. The molecule has 0 saturated carbocycles. The average molecular weight is 527 g/mol. The second-order valence-corrected chi connectivity index (χ2v) is 9.71. The molecule has 0 saturated heterocycles. The predicted molar refractivity (Wildman–Crippen MR) is 151 cm³/mol. The number of carbonyl (C=O) groups excluding carboxylic acids is 2. The Bertz CT molecular complexity index is 1500. The van der Waals surface area contributed by atoms with Crippen LogP contribution in [0.3, 0.4) is 0 Å². The molecule has 0 radical (unpaired) electrons. The van der Waals surface area contributed by atoms with Crippen molar-refractivity contribution in [2.45, 2.75) is 33.4 Å². The zero-order valence-electron chi connectivity index (χ0n) is 22.7. The summed E-state index contributed by atoms with van der Waals surface area (Å²) in [5.41, 5.74) is 3.99. The van der Waals surface area contributed by atoms with E-state index in [0.29, 0.717) is 41.7 Å². The quantitative estimate of drug-likeness (QED) is 0.254. The first-order valence-corrected chi connectivity index (χ1v) is 13.0. The molecule has 1 aromatic heterocycles. The number of amides is 2. The van der Waals surface area contributed by atoms with E-state index in [1.807, 2.05) is 68.4 Å². The molecule has 1 heterocycles. The third kappa shape index (κ3) is 7.00. The summed E-state index contributed by atoms with van der Waals surface area (Å²) >= 11 is 0. The molecule has 0 atom stereocenters. The summed E-state index contributed by atoms with van der Waals surface area (Å²) in [5.74, 6) is -0.472. The van der Waals surface area contributed by atoms with Crippen LogP contribution in [0.1, 0.15) is 39.0 Å². The van der Waals surface area contributed by atoms with Crippen LogP contribution in [-0.2, 0) is 22.6 Å². The Morgan fingerprint density at radius 1 is 0.897 bits per heavy atom. The lowest BCUT2D eigenvalue weighted by Crippen LogP contribution is -2.43. The molecule has 4 rings (SSSR count). The summed E-state index contributed by atoms with van der Waals surface area (Å²) in [6.45, 7) is 4.85. The van der Waals surface area contributed by atoms with Gasteiger partial charge in [0.1, 0.15) is 12.1 Å². The van der Waals surface area contributed by atoms with Gasteiger partial charge in [-0.3, -0.25) is 14.4 Å². The largest absolute Gasteiger partial charge is 0.464 e. The molecule has 39 heavy (non-hydrogen) atoms. The second kappa shape index (κ2) is 13.0. The molecule has 0 fully saturated rings. The minimum absolute atomic E-state index is 0.0599. The topological polar surface area (TPSA) is 80.1 Å². The Labute approximate surface area is 228 Å². The first-order chi connectivity index (χ1) is 18.9. The molecule has 0 aliphatic carbocycles. The van der Waals surface area contributed by atoms with Gasteiger partial charge in [-0.25, -0.2) is 0 Å². The molecular formula is C32H34N2O5. The van der Waals surface area contributed by atoms with Crippen LogP contribution in [0.5, 0.6) is 0 Å². The highest BCUT2D eigenvalue weighted by atomic mass is 16.5. The second-order valence-electron chi connectivity index (χ2n) is 9.71. The number of nitrogens with zero attached hydrogens (tertiary/aromatic N) is 2. The standard InChI is InChI=1S/C32H34N2O5/c1-23-14-15-29-28(18-23)31(36)26(22-39-29)20-34(19-25-11-5-4-6-12-25)30(35)21-33(16-9-17-38-3)32(37)27-13-8-7-10-24(27)2/h4-8,10-15,18,22H,9,16-17,19-21H2,1-3H3. The average Bonchev–Trinajstić information content (AvgIpc) is 2.94. The molecule has 202 valence electrons. The molecule has 4 aromatic rings. The lowest BCUT2D eigenvalue weighted by molar-refractivity contribution is -0.133. The van der Waals surface area contributed by atoms with E-state index in [2.05, 4.69) is 0 Å². The van der Waals surface area contributed by atoms with Gasteiger partial charge in [-0.15, -0.1) is 0 Å². The molecule has 2 amide bonds. The third-order valence-electron chi connectivity index (χ3n) is 6.69. The van der Waals surface area contributed by atoms with E-state index in [4.69, 9.17) is 9.15 Å². The molecule has 0 unspecified atom stereocenters. The van der Waals surface area contributed by atoms with Crippen LogP contribution in [-0.4, -0.2) is 48.4 Å². The number of aryl methyl sites for hydroxylation is 2. The first kappa shape index (κ1) is 27.8. The van der Waals surface area contributed by atoms with E-state index in [1.54, 1.807) is 35.1 Å². The highest BCUT2D eigenvalue weighted by molar-refractivity contribution is 5.97. The summed E-state index contributed by atoms with van der Waals surface area (Å²) in [7, 11) is 1.61. The molecule has 3 aromatic carbocycles. The number of ether oxygens (including phenoxy) is 1. The number of rotatable bonds is 11. The van der Waals surface area contributed by atoms with Crippen LogP contribution in [0.2, 0.25) is 0 Å². The summed E-state index contributed by atoms with van der Waals surface area (Å²) in [4.78, 5) is 43.8. The van der Waals surface area contributed by atoms with Crippen LogP contribution in [0.4, 0.5) is 0 Å². The maximum Gasteiger partial charge on any atom is 0.254 e. The number of carbonyl (C=O) groups is 2. The molecule has 0 bridgehead atoms. The fraction of sp³-hybridized carbons (Fsp3) is 0.281.